The molecule has 0 aromatic heterocycles. The zero-order valence-corrected chi connectivity index (χ0v) is 18.1. The lowest BCUT2D eigenvalue weighted by Gasteiger charge is -2.37. The van der Waals surface area contributed by atoms with E-state index in [-0.39, 0.29) is 12.0 Å². The van der Waals surface area contributed by atoms with E-state index < -0.39 is 0 Å². The summed E-state index contributed by atoms with van der Waals surface area (Å²) in [7, 11) is 1.41. The van der Waals surface area contributed by atoms with Crippen LogP contribution in [0.5, 0.6) is 0 Å². The summed E-state index contributed by atoms with van der Waals surface area (Å²) in [6.45, 7) is 8.07. The standard InChI is InChI=1S/C23H27N3O2S/c1-5-25(6-2)18-14-12-17(13-15-18)21-20(22(27)28-4)16(3)26(23(29)24-21)19-10-8-7-9-11-19/h7-15,21H,5-6H2,1-4H3,(H,24,29)/t21-/m0/s1. The molecule has 6 heteroatoms. The van der Waals surface area contributed by atoms with Crippen LogP contribution in [0.2, 0.25) is 0 Å². The Morgan fingerprint density at radius 3 is 2.28 bits per heavy atom. The van der Waals surface area contributed by atoms with Crippen molar-refractivity contribution in [2.45, 2.75) is 26.8 Å². The van der Waals surface area contributed by atoms with Gasteiger partial charge in [0.05, 0.1) is 18.7 Å². The third kappa shape index (κ3) is 4.12. The third-order valence-electron chi connectivity index (χ3n) is 5.26. The zero-order valence-electron chi connectivity index (χ0n) is 17.3. The molecule has 1 aliphatic rings. The Labute approximate surface area is 178 Å². The van der Waals surface area contributed by atoms with Crippen molar-refractivity contribution in [2.24, 2.45) is 0 Å². The minimum absolute atomic E-state index is 0.360. The van der Waals surface area contributed by atoms with Gasteiger partial charge in [0.1, 0.15) is 0 Å². The summed E-state index contributed by atoms with van der Waals surface area (Å²) in [6.07, 6.45) is 0. The Kier molecular flexibility index (Phi) is 6.54. The highest BCUT2D eigenvalue weighted by atomic mass is 32.1. The van der Waals surface area contributed by atoms with E-state index in [1.807, 2.05) is 54.3 Å². The molecular formula is C23H27N3O2S. The van der Waals surface area contributed by atoms with Gasteiger partial charge < -0.3 is 15.0 Å². The highest BCUT2D eigenvalue weighted by molar-refractivity contribution is 7.80. The number of ether oxygens (including phenoxy) is 1. The number of anilines is 2. The number of esters is 1. The average Bonchev–Trinajstić information content (AvgIpc) is 2.75. The number of hydrogen-bond donors (Lipinski definition) is 1. The second-order valence-corrected chi connectivity index (χ2v) is 7.19. The van der Waals surface area contributed by atoms with E-state index >= 15 is 0 Å². The maximum Gasteiger partial charge on any atom is 0.337 e. The largest absolute Gasteiger partial charge is 0.466 e. The summed E-state index contributed by atoms with van der Waals surface area (Å²) in [5.74, 6) is -0.365. The smallest absolute Gasteiger partial charge is 0.337 e. The molecule has 1 N–H and O–H groups in total. The molecule has 0 radical (unpaired) electrons. The molecule has 0 amide bonds. The quantitative estimate of drug-likeness (QED) is 0.563. The highest BCUT2D eigenvalue weighted by Crippen LogP contribution is 2.34. The topological polar surface area (TPSA) is 44.8 Å². The summed E-state index contributed by atoms with van der Waals surface area (Å²) < 4.78 is 5.11. The molecule has 3 rings (SSSR count). The Balaban J connectivity index is 2.04. The third-order valence-corrected chi connectivity index (χ3v) is 5.56. The first-order chi connectivity index (χ1) is 14.0. The van der Waals surface area contributed by atoms with Crippen LogP contribution in [0, 0.1) is 0 Å². The molecule has 1 atom stereocenters. The monoisotopic (exact) mass is 409 g/mol. The number of thiocarbonyl (C=S) groups is 1. The Hall–Kier alpha value is -2.86. The number of allylic oxidation sites excluding steroid dienone is 1. The van der Waals surface area contributed by atoms with E-state index in [1.165, 1.54) is 7.11 Å². The van der Waals surface area contributed by atoms with Gasteiger partial charge in [-0.1, -0.05) is 30.3 Å². The number of methoxy groups -OCH3 is 1. The van der Waals surface area contributed by atoms with E-state index in [9.17, 15) is 4.79 Å². The maximum atomic E-state index is 12.7. The molecule has 0 fully saturated rings. The Morgan fingerprint density at radius 1 is 1.10 bits per heavy atom. The fraction of sp³-hybridized carbons (Fsp3) is 0.304. The van der Waals surface area contributed by atoms with Gasteiger partial charge in [0, 0.05) is 30.2 Å². The predicted octanol–water partition coefficient (Wildman–Crippen LogP) is 4.42. The molecule has 0 bridgehead atoms. The van der Waals surface area contributed by atoms with Crippen molar-refractivity contribution in [1.29, 1.82) is 0 Å². The Bertz CT molecular complexity index is 905. The lowest BCUT2D eigenvalue weighted by Crippen LogP contribution is -2.48. The number of nitrogens with one attached hydrogen (secondary N) is 1. The first kappa shape index (κ1) is 20.9. The average molecular weight is 410 g/mol. The fourth-order valence-corrected chi connectivity index (χ4v) is 4.08. The van der Waals surface area contributed by atoms with Crippen LogP contribution in [0.25, 0.3) is 0 Å². The molecule has 0 aliphatic carbocycles. The van der Waals surface area contributed by atoms with Crippen molar-refractivity contribution >= 4 is 34.7 Å². The first-order valence-electron chi connectivity index (χ1n) is 9.81. The molecule has 29 heavy (non-hydrogen) atoms. The molecule has 152 valence electrons. The van der Waals surface area contributed by atoms with E-state index in [0.29, 0.717) is 10.7 Å². The van der Waals surface area contributed by atoms with Crippen LogP contribution in [0.1, 0.15) is 32.4 Å². The van der Waals surface area contributed by atoms with Crippen LogP contribution in [-0.2, 0) is 9.53 Å². The van der Waals surface area contributed by atoms with Crippen LogP contribution in [0.3, 0.4) is 0 Å². The lowest BCUT2D eigenvalue weighted by atomic mass is 9.94. The Morgan fingerprint density at radius 2 is 1.72 bits per heavy atom. The van der Waals surface area contributed by atoms with Crippen molar-refractivity contribution in [3.8, 4) is 0 Å². The lowest BCUT2D eigenvalue weighted by molar-refractivity contribution is -0.136. The SMILES string of the molecule is CCN(CC)c1ccc([C@@H]2NC(=S)N(c3ccccc3)C(C)=C2C(=O)OC)cc1. The minimum Gasteiger partial charge on any atom is -0.466 e. The number of hydrogen-bond acceptors (Lipinski definition) is 4. The molecular weight excluding hydrogens is 382 g/mol. The summed E-state index contributed by atoms with van der Waals surface area (Å²) >= 11 is 5.66. The summed E-state index contributed by atoms with van der Waals surface area (Å²) in [5, 5.41) is 3.89. The van der Waals surface area contributed by atoms with Crippen molar-refractivity contribution in [3.63, 3.8) is 0 Å². The molecule has 0 saturated carbocycles. The zero-order chi connectivity index (χ0) is 21.0. The van der Waals surface area contributed by atoms with Crippen LogP contribution in [-0.4, -0.2) is 31.3 Å². The minimum atomic E-state index is -0.365. The number of carbonyl (C=O) groups excluding carboxylic acids is 1. The normalized spacial score (nSPS) is 16.5. The summed E-state index contributed by atoms with van der Waals surface area (Å²) in [5.41, 5.74) is 4.35. The van der Waals surface area contributed by atoms with Gasteiger partial charge in [-0.05, 0) is 62.8 Å². The van der Waals surface area contributed by atoms with Crippen molar-refractivity contribution in [3.05, 3.63) is 71.4 Å². The number of carbonyl (C=O) groups is 1. The molecule has 1 aliphatic heterocycles. The van der Waals surface area contributed by atoms with Gasteiger partial charge in [0.25, 0.3) is 0 Å². The number of benzene rings is 2. The predicted molar refractivity (Wildman–Crippen MR) is 122 cm³/mol. The van der Waals surface area contributed by atoms with Crippen molar-refractivity contribution < 1.29 is 9.53 Å². The van der Waals surface area contributed by atoms with Gasteiger partial charge in [-0.2, -0.15) is 0 Å². The van der Waals surface area contributed by atoms with Gasteiger partial charge in [-0.25, -0.2) is 4.79 Å². The highest BCUT2D eigenvalue weighted by Gasteiger charge is 2.35. The van der Waals surface area contributed by atoms with Crippen LogP contribution < -0.4 is 15.1 Å². The number of nitrogens with zero attached hydrogens (tertiary/aromatic N) is 2. The van der Waals surface area contributed by atoms with E-state index in [0.717, 1.165) is 35.7 Å². The van der Waals surface area contributed by atoms with Gasteiger partial charge >= 0.3 is 5.97 Å². The van der Waals surface area contributed by atoms with Crippen LogP contribution in [0.4, 0.5) is 11.4 Å². The van der Waals surface area contributed by atoms with Gasteiger partial charge in [0.2, 0.25) is 0 Å². The van der Waals surface area contributed by atoms with Crippen molar-refractivity contribution in [2.75, 3.05) is 30.0 Å². The second-order valence-electron chi connectivity index (χ2n) is 6.81. The van der Waals surface area contributed by atoms with E-state index in [1.54, 1.807) is 0 Å². The molecule has 1 heterocycles. The van der Waals surface area contributed by atoms with Gasteiger partial charge in [-0.3, -0.25) is 4.90 Å². The van der Waals surface area contributed by atoms with Crippen molar-refractivity contribution in [1.82, 2.24) is 5.32 Å². The number of rotatable bonds is 6. The molecule has 2 aromatic rings. The molecule has 5 nitrogen and oxygen atoms in total. The summed E-state index contributed by atoms with van der Waals surface area (Å²) in [4.78, 5) is 16.9. The number of para-hydroxylation sites is 1. The molecule has 0 unspecified atom stereocenters. The van der Waals surface area contributed by atoms with E-state index in [2.05, 4.69) is 36.2 Å². The first-order valence-corrected chi connectivity index (χ1v) is 10.2. The second kappa shape index (κ2) is 9.09. The molecule has 2 aromatic carbocycles. The van der Waals surface area contributed by atoms with Crippen LogP contribution >= 0.6 is 12.2 Å². The summed E-state index contributed by atoms with van der Waals surface area (Å²) in [6, 6.07) is 17.7. The van der Waals surface area contributed by atoms with Gasteiger partial charge in [0.15, 0.2) is 5.11 Å². The molecule has 0 saturated heterocycles. The van der Waals surface area contributed by atoms with Gasteiger partial charge in [-0.15, -0.1) is 0 Å². The van der Waals surface area contributed by atoms with Crippen LogP contribution in [0.15, 0.2) is 65.9 Å². The maximum absolute atomic E-state index is 12.7. The molecule has 0 spiro atoms. The van der Waals surface area contributed by atoms with E-state index in [4.69, 9.17) is 17.0 Å². The fourth-order valence-electron chi connectivity index (χ4n) is 3.72.